The molecule has 0 unspecified atom stereocenters. The minimum absolute atomic E-state index is 0.0332. The molecule has 0 aromatic heterocycles. The first-order chi connectivity index (χ1) is 13.5. The van der Waals surface area contributed by atoms with E-state index in [4.69, 9.17) is 5.73 Å². The topological polar surface area (TPSA) is 127 Å². The molecule has 0 heterocycles. The minimum Gasteiger partial charge on any atom is -0.397 e. The first-order valence-electron chi connectivity index (χ1n) is 9.34. The zero-order chi connectivity index (χ0) is 21.6. The van der Waals surface area contributed by atoms with Crippen LogP contribution in [0.1, 0.15) is 65.5 Å². The van der Waals surface area contributed by atoms with Crippen molar-refractivity contribution < 1.29 is 22.6 Å². The summed E-state index contributed by atoms with van der Waals surface area (Å²) in [4.78, 5) is 25.7. The van der Waals surface area contributed by atoms with Crippen LogP contribution < -0.4 is 11.1 Å². The SMILES string of the molecule is CCCC(C)(C)CNc1cc(S(=O)(=O)O)c(N)c2c1C(=O)c1ccccc1C2=O. The number of fused-ring (bicyclic) bond motifs is 2. The summed E-state index contributed by atoms with van der Waals surface area (Å²) < 4.78 is 33.4. The standard InChI is InChI=1S/C21H24N2O5S/c1-4-9-21(2,3)11-23-14-10-15(29(26,27)28)18(22)17-16(14)19(24)12-7-5-6-8-13(12)20(17)25/h5-8,10,23H,4,9,11,22H2,1-3H3,(H,26,27,28). The Balaban J connectivity index is 2.24. The van der Waals surface area contributed by atoms with Gasteiger partial charge in [0, 0.05) is 23.4 Å². The first kappa shape index (κ1) is 21.0. The summed E-state index contributed by atoms with van der Waals surface area (Å²) >= 11 is 0. The van der Waals surface area contributed by atoms with Crippen molar-refractivity contribution in [3.05, 3.63) is 52.6 Å². The van der Waals surface area contributed by atoms with Crippen LogP contribution in [-0.4, -0.2) is 31.1 Å². The molecule has 3 rings (SSSR count). The van der Waals surface area contributed by atoms with Crippen LogP contribution in [0.25, 0.3) is 0 Å². The van der Waals surface area contributed by atoms with Crippen molar-refractivity contribution >= 4 is 33.1 Å². The predicted octanol–water partition coefficient (Wildman–Crippen LogP) is 3.53. The van der Waals surface area contributed by atoms with Crippen LogP contribution in [0.15, 0.2) is 35.2 Å². The van der Waals surface area contributed by atoms with Gasteiger partial charge in [-0.3, -0.25) is 14.1 Å². The maximum absolute atomic E-state index is 13.2. The van der Waals surface area contributed by atoms with E-state index in [1.807, 2.05) is 13.8 Å². The minimum atomic E-state index is -4.70. The second-order valence-electron chi connectivity index (χ2n) is 8.03. The largest absolute Gasteiger partial charge is 0.397 e. The Bertz CT molecular complexity index is 1120. The lowest BCUT2D eigenvalue weighted by atomic mass is 9.82. The van der Waals surface area contributed by atoms with E-state index in [1.54, 1.807) is 18.2 Å². The molecule has 29 heavy (non-hydrogen) atoms. The summed E-state index contributed by atoms with van der Waals surface area (Å²) in [5.74, 6) is -0.964. The highest BCUT2D eigenvalue weighted by atomic mass is 32.2. The third-order valence-corrected chi connectivity index (χ3v) is 6.06. The smallest absolute Gasteiger partial charge is 0.296 e. The van der Waals surface area contributed by atoms with Crippen molar-refractivity contribution in [2.45, 2.75) is 38.5 Å². The molecule has 0 radical (unpaired) electrons. The fraction of sp³-hybridized carbons (Fsp3) is 0.333. The normalized spacial score (nSPS) is 13.8. The molecule has 0 saturated heterocycles. The van der Waals surface area contributed by atoms with E-state index >= 15 is 0 Å². The van der Waals surface area contributed by atoms with E-state index in [0.717, 1.165) is 18.9 Å². The van der Waals surface area contributed by atoms with Gasteiger partial charge in [-0.25, -0.2) is 0 Å². The van der Waals surface area contributed by atoms with Gasteiger partial charge in [0.2, 0.25) is 0 Å². The van der Waals surface area contributed by atoms with Crippen LogP contribution >= 0.6 is 0 Å². The van der Waals surface area contributed by atoms with Gasteiger partial charge >= 0.3 is 0 Å². The van der Waals surface area contributed by atoms with Crippen molar-refractivity contribution in [2.24, 2.45) is 5.41 Å². The van der Waals surface area contributed by atoms with Gasteiger partial charge in [-0.15, -0.1) is 0 Å². The molecule has 0 amide bonds. The molecule has 0 saturated carbocycles. The molecule has 7 nitrogen and oxygen atoms in total. The average molecular weight is 416 g/mol. The molecule has 2 aromatic rings. The van der Waals surface area contributed by atoms with Gasteiger partial charge in [0.1, 0.15) is 4.90 Å². The zero-order valence-electron chi connectivity index (χ0n) is 16.6. The van der Waals surface area contributed by atoms with Gasteiger partial charge in [-0.1, -0.05) is 51.5 Å². The maximum atomic E-state index is 13.2. The molecule has 1 aliphatic carbocycles. The number of anilines is 2. The van der Waals surface area contributed by atoms with E-state index < -0.39 is 32.3 Å². The highest BCUT2D eigenvalue weighted by molar-refractivity contribution is 7.86. The van der Waals surface area contributed by atoms with E-state index in [-0.39, 0.29) is 33.4 Å². The van der Waals surface area contributed by atoms with Crippen molar-refractivity contribution in [2.75, 3.05) is 17.6 Å². The average Bonchev–Trinajstić information content (AvgIpc) is 2.63. The fourth-order valence-electron chi connectivity index (χ4n) is 3.75. The highest BCUT2D eigenvalue weighted by Gasteiger charge is 2.36. The van der Waals surface area contributed by atoms with Crippen LogP contribution in [0.2, 0.25) is 0 Å². The Hall–Kier alpha value is -2.71. The monoisotopic (exact) mass is 416 g/mol. The van der Waals surface area contributed by atoms with Crippen molar-refractivity contribution in [3.8, 4) is 0 Å². The molecular weight excluding hydrogens is 392 g/mol. The quantitative estimate of drug-likeness (QED) is 0.414. The first-order valence-corrected chi connectivity index (χ1v) is 10.8. The molecule has 0 atom stereocenters. The summed E-state index contributed by atoms with van der Waals surface area (Å²) in [6.07, 6.45) is 1.85. The second-order valence-corrected chi connectivity index (χ2v) is 9.42. The zero-order valence-corrected chi connectivity index (χ0v) is 17.4. The third-order valence-electron chi connectivity index (χ3n) is 5.16. The number of carbonyl (C=O) groups is 2. The number of hydrogen-bond donors (Lipinski definition) is 3. The molecule has 0 fully saturated rings. The molecule has 2 aromatic carbocycles. The lowest BCUT2D eigenvalue weighted by Crippen LogP contribution is -2.28. The van der Waals surface area contributed by atoms with Crippen LogP contribution in [0.5, 0.6) is 0 Å². The number of nitrogen functional groups attached to an aromatic ring is 1. The van der Waals surface area contributed by atoms with Gasteiger partial charge in [-0.2, -0.15) is 8.42 Å². The van der Waals surface area contributed by atoms with Gasteiger partial charge in [0.25, 0.3) is 10.1 Å². The number of carbonyl (C=O) groups excluding carboxylic acids is 2. The fourth-order valence-corrected chi connectivity index (χ4v) is 4.39. The van der Waals surface area contributed by atoms with Crippen LogP contribution in [0.4, 0.5) is 11.4 Å². The summed E-state index contributed by atoms with van der Waals surface area (Å²) in [6.45, 7) is 6.58. The summed E-state index contributed by atoms with van der Waals surface area (Å²) in [6, 6.07) is 7.45. The Labute approximate surface area is 170 Å². The van der Waals surface area contributed by atoms with E-state index in [2.05, 4.69) is 12.2 Å². The Morgan fingerprint density at radius 2 is 1.62 bits per heavy atom. The summed E-state index contributed by atoms with van der Waals surface area (Å²) in [7, 11) is -4.70. The molecule has 0 aliphatic heterocycles. The van der Waals surface area contributed by atoms with Gasteiger partial charge in [-0.05, 0) is 17.9 Å². The number of ketones is 2. The molecule has 4 N–H and O–H groups in total. The lowest BCUT2D eigenvalue weighted by molar-refractivity contribution is 0.0980. The van der Waals surface area contributed by atoms with Gasteiger partial charge < -0.3 is 11.1 Å². The van der Waals surface area contributed by atoms with Gasteiger partial charge in [0.05, 0.1) is 16.8 Å². The Morgan fingerprint density at radius 3 is 2.14 bits per heavy atom. The van der Waals surface area contributed by atoms with Crippen molar-refractivity contribution in [1.82, 2.24) is 0 Å². The van der Waals surface area contributed by atoms with Crippen molar-refractivity contribution in [3.63, 3.8) is 0 Å². The van der Waals surface area contributed by atoms with Crippen molar-refractivity contribution in [1.29, 1.82) is 0 Å². The molecule has 0 bridgehead atoms. The number of benzene rings is 2. The van der Waals surface area contributed by atoms with E-state index in [9.17, 15) is 22.6 Å². The third kappa shape index (κ3) is 3.77. The Morgan fingerprint density at radius 1 is 1.07 bits per heavy atom. The predicted molar refractivity (Wildman–Crippen MR) is 111 cm³/mol. The van der Waals surface area contributed by atoms with E-state index in [1.165, 1.54) is 6.07 Å². The lowest BCUT2D eigenvalue weighted by Gasteiger charge is -2.28. The number of hydrogen-bond acceptors (Lipinski definition) is 6. The number of rotatable bonds is 6. The van der Waals surface area contributed by atoms with Gasteiger partial charge in [0.15, 0.2) is 11.6 Å². The highest BCUT2D eigenvalue weighted by Crippen LogP contribution is 2.39. The van der Waals surface area contributed by atoms with Crippen LogP contribution in [-0.2, 0) is 10.1 Å². The summed E-state index contributed by atoms with van der Waals surface area (Å²) in [5.41, 5.74) is 5.79. The molecule has 8 heteroatoms. The van der Waals surface area contributed by atoms with E-state index in [0.29, 0.717) is 6.54 Å². The van der Waals surface area contributed by atoms with Crippen LogP contribution in [0.3, 0.4) is 0 Å². The molecule has 0 spiro atoms. The molecule has 154 valence electrons. The van der Waals surface area contributed by atoms with Crippen LogP contribution in [0, 0.1) is 5.41 Å². The molecule has 1 aliphatic rings. The summed E-state index contributed by atoms with van der Waals surface area (Å²) in [5, 5.41) is 3.12. The maximum Gasteiger partial charge on any atom is 0.296 e. The number of nitrogens with two attached hydrogens (primary N) is 1. The second kappa shape index (κ2) is 7.27. The molecular formula is C21H24N2O5S. The number of nitrogens with one attached hydrogen (secondary N) is 1. The Kier molecular flexibility index (Phi) is 5.27.